The minimum atomic E-state index is 0.0724. The van der Waals surface area contributed by atoms with Gasteiger partial charge in [0.05, 0.1) is 6.42 Å². The van der Waals surface area contributed by atoms with E-state index in [0.29, 0.717) is 11.8 Å². The molecule has 0 saturated heterocycles. The highest BCUT2D eigenvalue weighted by Gasteiger charge is 2.42. The Bertz CT molecular complexity index is 413. The van der Waals surface area contributed by atoms with Crippen LogP contribution in [0.3, 0.4) is 0 Å². The van der Waals surface area contributed by atoms with E-state index in [4.69, 9.17) is 4.52 Å². The predicted octanol–water partition coefficient (Wildman–Crippen LogP) is 2.10. The Balaban J connectivity index is 1.75. The summed E-state index contributed by atoms with van der Waals surface area (Å²) in [6.07, 6.45) is 5.50. The van der Waals surface area contributed by atoms with Crippen LogP contribution >= 0.6 is 0 Å². The SMILES string of the molecule is CC(=O)Cc1nc(C2CC3CCC2C3)no1. The number of hydrogen-bond donors (Lipinski definition) is 0. The third-order valence-electron chi connectivity index (χ3n) is 3.95. The van der Waals surface area contributed by atoms with Gasteiger partial charge in [0.2, 0.25) is 5.89 Å². The molecule has 16 heavy (non-hydrogen) atoms. The van der Waals surface area contributed by atoms with Crippen molar-refractivity contribution in [2.24, 2.45) is 11.8 Å². The Hall–Kier alpha value is -1.19. The van der Waals surface area contributed by atoms with Crippen molar-refractivity contribution < 1.29 is 9.32 Å². The van der Waals surface area contributed by atoms with Gasteiger partial charge in [-0.15, -0.1) is 0 Å². The number of aromatic nitrogens is 2. The molecule has 0 aromatic carbocycles. The lowest BCUT2D eigenvalue weighted by Gasteiger charge is -2.17. The highest BCUT2D eigenvalue weighted by Crippen LogP contribution is 2.52. The number of fused-ring (bicyclic) bond motifs is 2. The molecule has 0 amide bonds. The van der Waals surface area contributed by atoms with Gasteiger partial charge in [-0.05, 0) is 38.0 Å². The van der Waals surface area contributed by atoms with E-state index in [1.165, 1.54) is 25.7 Å². The average Bonchev–Trinajstić information content (AvgIpc) is 2.89. The Morgan fingerprint density at radius 1 is 1.44 bits per heavy atom. The van der Waals surface area contributed by atoms with Gasteiger partial charge in [-0.25, -0.2) is 0 Å². The molecule has 3 unspecified atom stereocenters. The molecule has 1 aromatic rings. The summed E-state index contributed by atoms with van der Waals surface area (Å²) < 4.78 is 5.11. The van der Waals surface area contributed by atoms with Crippen LogP contribution in [0.4, 0.5) is 0 Å². The summed E-state index contributed by atoms with van der Waals surface area (Å²) in [7, 11) is 0. The molecule has 1 aromatic heterocycles. The number of rotatable bonds is 3. The van der Waals surface area contributed by atoms with Gasteiger partial charge in [-0.3, -0.25) is 4.79 Å². The summed E-state index contributed by atoms with van der Waals surface area (Å²) in [5, 5.41) is 4.03. The van der Waals surface area contributed by atoms with Crippen LogP contribution < -0.4 is 0 Å². The van der Waals surface area contributed by atoms with Gasteiger partial charge in [-0.1, -0.05) is 11.6 Å². The molecule has 2 aliphatic rings. The molecular weight excluding hydrogens is 204 g/mol. The summed E-state index contributed by atoms with van der Waals surface area (Å²) in [5.41, 5.74) is 0. The third kappa shape index (κ3) is 1.66. The van der Waals surface area contributed by atoms with E-state index in [-0.39, 0.29) is 12.2 Å². The number of carbonyl (C=O) groups is 1. The second-order valence-corrected chi connectivity index (χ2v) is 5.21. The lowest BCUT2D eigenvalue weighted by atomic mass is 9.88. The third-order valence-corrected chi connectivity index (χ3v) is 3.95. The Labute approximate surface area is 94.4 Å². The summed E-state index contributed by atoms with van der Waals surface area (Å²) in [6, 6.07) is 0. The summed E-state index contributed by atoms with van der Waals surface area (Å²) in [5.74, 6) is 3.51. The van der Waals surface area contributed by atoms with Crippen molar-refractivity contribution in [2.75, 3.05) is 0 Å². The van der Waals surface area contributed by atoms with Crippen LogP contribution in [0.25, 0.3) is 0 Å². The second kappa shape index (κ2) is 3.68. The largest absolute Gasteiger partial charge is 0.339 e. The van der Waals surface area contributed by atoms with Crippen molar-refractivity contribution in [3.8, 4) is 0 Å². The Kier molecular flexibility index (Phi) is 2.30. The van der Waals surface area contributed by atoms with Crippen LogP contribution in [-0.4, -0.2) is 15.9 Å². The van der Waals surface area contributed by atoms with Gasteiger partial charge in [0.15, 0.2) is 5.82 Å². The first kappa shape index (κ1) is 10.00. The predicted molar refractivity (Wildman–Crippen MR) is 56.9 cm³/mol. The van der Waals surface area contributed by atoms with Crippen LogP contribution in [0.15, 0.2) is 4.52 Å². The monoisotopic (exact) mass is 220 g/mol. The first-order valence-corrected chi connectivity index (χ1v) is 6.04. The molecule has 0 radical (unpaired) electrons. The zero-order valence-electron chi connectivity index (χ0n) is 9.48. The first-order chi connectivity index (χ1) is 7.72. The molecule has 86 valence electrons. The molecule has 0 spiro atoms. The van der Waals surface area contributed by atoms with Crippen molar-refractivity contribution >= 4 is 5.78 Å². The first-order valence-electron chi connectivity index (χ1n) is 6.04. The normalized spacial score (nSPS) is 32.2. The van der Waals surface area contributed by atoms with Crippen LogP contribution in [0.2, 0.25) is 0 Å². The topological polar surface area (TPSA) is 56.0 Å². The van der Waals surface area contributed by atoms with E-state index >= 15 is 0 Å². The van der Waals surface area contributed by atoms with Gasteiger partial charge in [0.1, 0.15) is 5.78 Å². The fourth-order valence-electron chi connectivity index (χ4n) is 3.26. The maximum absolute atomic E-state index is 10.9. The fourth-order valence-corrected chi connectivity index (χ4v) is 3.26. The maximum Gasteiger partial charge on any atom is 0.234 e. The molecule has 2 bridgehead atoms. The minimum absolute atomic E-state index is 0.0724. The second-order valence-electron chi connectivity index (χ2n) is 5.21. The van der Waals surface area contributed by atoms with Gasteiger partial charge in [-0.2, -0.15) is 4.98 Å². The zero-order valence-corrected chi connectivity index (χ0v) is 9.48. The quantitative estimate of drug-likeness (QED) is 0.782. The fraction of sp³-hybridized carbons (Fsp3) is 0.750. The molecule has 2 saturated carbocycles. The zero-order chi connectivity index (χ0) is 11.1. The number of nitrogens with zero attached hydrogens (tertiary/aromatic N) is 2. The van der Waals surface area contributed by atoms with E-state index < -0.39 is 0 Å². The molecule has 3 rings (SSSR count). The number of Topliss-reactive ketones (excluding diaryl/α,β-unsaturated/α-hetero) is 1. The van der Waals surface area contributed by atoms with Gasteiger partial charge in [0.25, 0.3) is 0 Å². The smallest absolute Gasteiger partial charge is 0.234 e. The summed E-state index contributed by atoms with van der Waals surface area (Å²) in [6.45, 7) is 1.54. The number of ketones is 1. The highest BCUT2D eigenvalue weighted by atomic mass is 16.5. The number of carbonyl (C=O) groups excluding carboxylic acids is 1. The van der Waals surface area contributed by atoms with Crippen molar-refractivity contribution in [1.82, 2.24) is 10.1 Å². The van der Waals surface area contributed by atoms with E-state index in [0.717, 1.165) is 17.7 Å². The Morgan fingerprint density at radius 2 is 2.31 bits per heavy atom. The van der Waals surface area contributed by atoms with E-state index in [1.54, 1.807) is 6.92 Å². The van der Waals surface area contributed by atoms with E-state index in [2.05, 4.69) is 10.1 Å². The molecule has 4 nitrogen and oxygen atoms in total. The van der Waals surface area contributed by atoms with Gasteiger partial charge in [0, 0.05) is 5.92 Å². The Morgan fingerprint density at radius 3 is 2.94 bits per heavy atom. The molecule has 4 heteroatoms. The van der Waals surface area contributed by atoms with Gasteiger partial charge >= 0.3 is 0 Å². The summed E-state index contributed by atoms with van der Waals surface area (Å²) in [4.78, 5) is 15.3. The molecule has 0 N–H and O–H groups in total. The van der Waals surface area contributed by atoms with Crippen molar-refractivity contribution in [1.29, 1.82) is 0 Å². The molecule has 2 fully saturated rings. The molecule has 1 heterocycles. The summed E-state index contributed by atoms with van der Waals surface area (Å²) >= 11 is 0. The lowest BCUT2D eigenvalue weighted by molar-refractivity contribution is -0.116. The number of hydrogen-bond acceptors (Lipinski definition) is 4. The van der Waals surface area contributed by atoms with E-state index in [1.807, 2.05) is 0 Å². The van der Waals surface area contributed by atoms with Crippen LogP contribution in [0, 0.1) is 11.8 Å². The maximum atomic E-state index is 10.9. The highest BCUT2D eigenvalue weighted by molar-refractivity contribution is 5.77. The van der Waals surface area contributed by atoms with Crippen LogP contribution in [0.5, 0.6) is 0 Å². The molecule has 2 aliphatic carbocycles. The van der Waals surface area contributed by atoms with Crippen LogP contribution in [0.1, 0.15) is 50.2 Å². The van der Waals surface area contributed by atoms with Gasteiger partial charge < -0.3 is 4.52 Å². The molecule has 3 atom stereocenters. The molecular formula is C12H16N2O2. The standard InChI is InChI=1S/C12H16N2O2/c1-7(15)4-11-13-12(14-16-11)10-6-8-2-3-9(10)5-8/h8-10H,2-6H2,1H3. The van der Waals surface area contributed by atoms with Crippen molar-refractivity contribution in [2.45, 2.75) is 44.9 Å². The van der Waals surface area contributed by atoms with E-state index in [9.17, 15) is 4.79 Å². The lowest BCUT2D eigenvalue weighted by Crippen LogP contribution is -2.10. The minimum Gasteiger partial charge on any atom is -0.339 e. The van der Waals surface area contributed by atoms with Crippen molar-refractivity contribution in [3.05, 3.63) is 11.7 Å². The van der Waals surface area contributed by atoms with Crippen molar-refractivity contribution in [3.63, 3.8) is 0 Å². The average molecular weight is 220 g/mol. The van der Waals surface area contributed by atoms with Crippen LogP contribution in [-0.2, 0) is 11.2 Å². The molecule has 0 aliphatic heterocycles.